The number of nitrogens with zero attached hydrogens (tertiary/aromatic N) is 2. The van der Waals surface area contributed by atoms with Gasteiger partial charge in [0.15, 0.2) is 17.3 Å². The van der Waals surface area contributed by atoms with Crippen molar-refractivity contribution in [3.8, 4) is 23.1 Å². The maximum atomic E-state index is 5.57. The molecule has 0 saturated heterocycles. The van der Waals surface area contributed by atoms with Crippen LogP contribution in [0.1, 0.15) is 5.56 Å². The van der Waals surface area contributed by atoms with Gasteiger partial charge < -0.3 is 18.3 Å². The average molecular weight is 397 g/mol. The number of halogens is 1. The zero-order valence-corrected chi connectivity index (χ0v) is 14.8. The maximum absolute atomic E-state index is 5.57. The van der Waals surface area contributed by atoms with Gasteiger partial charge in [-0.25, -0.2) is 0 Å². The average Bonchev–Trinajstić information content (AvgIpc) is 3.24. The van der Waals surface area contributed by atoms with Gasteiger partial charge in [-0.2, -0.15) is 0 Å². The van der Waals surface area contributed by atoms with Crippen LogP contribution in [0.15, 0.2) is 49.1 Å². The first-order chi connectivity index (χ1) is 11.2. The third-order valence-corrected chi connectivity index (χ3v) is 4.65. The normalized spacial score (nSPS) is 10.7. The molecule has 0 atom stereocenters. The van der Waals surface area contributed by atoms with E-state index in [9.17, 15) is 0 Å². The highest BCUT2D eigenvalue weighted by Crippen LogP contribution is 2.36. The predicted octanol–water partition coefficient (Wildman–Crippen LogP) is 4.40. The molecule has 1 aromatic carbocycles. The van der Waals surface area contributed by atoms with Gasteiger partial charge in [-0.3, -0.25) is 0 Å². The van der Waals surface area contributed by atoms with Crippen LogP contribution in [0.3, 0.4) is 0 Å². The zero-order chi connectivity index (χ0) is 16.2. The number of rotatable bonds is 6. The largest absolute Gasteiger partial charge is 0.493 e. The molecule has 3 rings (SSSR count). The second-order valence-electron chi connectivity index (χ2n) is 4.44. The lowest BCUT2D eigenvalue weighted by Gasteiger charge is -2.11. The highest BCUT2D eigenvalue weighted by molar-refractivity contribution is 9.10. The van der Waals surface area contributed by atoms with Crippen LogP contribution in [-0.4, -0.2) is 24.4 Å². The number of hydrogen-bond donors (Lipinski definition) is 0. The molecular weight excluding hydrogens is 384 g/mol. The molecule has 0 aliphatic rings. The van der Waals surface area contributed by atoms with Gasteiger partial charge in [0.05, 0.1) is 20.5 Å². The van der Waals surface area contributed by atoms with E-state index in [4.69, 9.17) is 18.3 Å². The van der Waals surface area contributed by atoms with Crippen LogP contribution >= 0.6 is 27.7 Å². The molecule has 3 aromatic rings. The van der Waals surface area contributed by atoms with Crippen molar-refractivity contribution < 1.29 is 18.3 Å². The molecular formula is C15H13BrN2O4S. The Morgan fingerprint density at radius 2 is 1.96 bits per heavy atom. The second-order valence-corrected chi connectivity index (χ2v) is 6.22. The lowest BCUT2D eigenvalue weighted by atomic mass is 10.2. The highest BCUT2D eigenvalue weighted by Gasteiger charge is 2.14. The topological polar surface area (TPSA) is 70.5 Å². The fourth-order valence-corrected chi connectivity index (χ4v) is 3.32. The summed E-state index contributed by atoms with van der Waals surface area (Å²) in [6.45, 7) is 0. The van der Waals surface area contributed by atoms with Gasteiger partial charge in [0.25, 0.3) is 11.1 Å². The van der Waals surface area contributed by atoms with Gasteiger partial charge in [-0.15, -0.1) is 10.2 Å². The van der Waals surface area contributed by atoms with Gasteiger partial charge in [-0.1, -0.05) is 27.7 Å². The molecule has 2 heterocycles. The minimum absolute atomic E-state index is 0.365. The van der Waals surface area contributed by atoms with E-state index in [0.717, 1.165) is 10.0 Å². The van der Waals surface area contributed by atoms with Crippen molar-refractivity contribution >= 4 is 27.7 Å². The molecule has 0 N–H and O–H groups in total. The third kappa shape index (κ3) is 3.53. The highest BCUT2D eigenvalue weighted by atomic mass is 79.9. The Morgan fingerprint density at radius 3 is 2.65 bits per heavy atom. The van der Waals surface area contributed by atoms with E-state index in [1.165, 1.54) is 11.8 Å². The lowest BCUT2D eigenvalue weighted by molar-refractivity contribution is 0.354. The van der Waals surface area contributed by atoms with Crippen molar-refractivity contribution in [1.29, 1.82) is 0 Å². The number of hydrogen-bond acceptors (Lipinski definition) is 7. The van der Waals surface area contributed by atoms with Crippen LogP contribution in [0.4, 0.5) is 0 Å². The summed E-state index contributed by atoms with van der Waals surface area (Å²) >= 11 is 4.96. The summed E-state index contributed by atoms with van der Waals surface area (Å²) in [6.07, 6.45) is 1.56. The third-order valence-electron chi connectivity index (χ3n) is 3.04. The molecule has 6 nitrogen and oxygen atoms in total. The van der Waals surface area contributed by atoms with E-state index in [-0.39, 0.29) is 0 Å². The minimum Gasteiger partial charge on any atom is -0.493 e. The predicted molar refractivity (Wildman–Crippen MR) is 88.8 cm³/mol. The number of thioether (sulfide) groups is 1. The monoisotopic (exact) mass is 396 g/mol. The van der Waals surface area contributed by atoms with Crippen LogP contribution < -0.4 is 9.47 Å². The van der Waals surface area contributed by atoms with Crippen molar-refractivity contribution in [3.63, 3.8) is 0 Å². The van der Waals surface area contributed by atoms with Gasteiger partial charge in [0, 0.05) is 10.2 Å². The first-order valence-electron chi connectivity index (χ1n) is 6.62. The number of ether oxygens (including phenoxy) is 2. The van der Waals surface area contributed by atoms with Crippen LogP contribution in [0.5, 0.6) is 11.5 Å². The lowest BCUT2D eigenvalue weighted by Crippen LogP contribution is -1.93. The minimum atomic E-state index is 0.365. The standard InChI is InChI=1S/C15H13BrN2O4S/c1-19-12-6-9(10(16)7-13(12)20-2)8-23-15-18-17-14(22-15)11-4-3-5-21-11/h3-7H,8H2,1-2H3. The molecule has 0 fully saturated rings. The molecule has 0 spiro atoms. The van der Waals surface area contributed by atoms with E-state index in [1.807, 2.05) is 12.1 Å². The van der Waals surface area contributed by atoms with Crippen molar-refractivity contribution in [2.45, 2.75) is 11.0 Å². The summed E-state index contributed by atoms with van der Waals surface area (Å²) in [5.74, 6) is 2.90. The van der Waals surface area contributed by atoms with E-state index in [0.29, 0.717) is 34.1 Å². The van der Waals surface area contributed by atoms with Crippen molar-refractivity contribution in [2.75, 3.05) is 14.2 Å². The Hall–Kier alpha value is -1.93. The van der Waals surface area contributed by atoms with Crippen LogP contribution in [0.2, 0.25) is 0 Å². The molecule has 2 aromatic heterocycles. The van der Waals surface area contributed by atoms with Gasteiger partial charge in [-0.05, 0) is 29.8 Å². The van der Waals surface area contributed by atoms with Crippen molar-refractivity contribution in [2.24, 2.45) is 0 Å². The van der Waals surface area contributed by atoms with Crippen LogP contribution in [0.25, 0.3) is 11.7 Å². The Morgan fingerprint density at radius 1 is 1.17 bits per heavy atom. The molecule has 0 radical (unpaired) electrons. The SMILES string of the molecule is COc1cc(Br)c(CSc2nnc(-c3ccco3)o2)cc1OC. The maximum Gasteiger partial charge on any atom is 0.284 e. The molecule has 0 saturated carbocycles. The number of aromatic nitrogens is 2. The Balaban J connectivity index is 1.73. The Bertz CT molecular complexity index is 789. The van der Waals surface area contributed by atoms with Crippen LogP contribution in [-0.2, 0) is 5.75 Å². The smallest absolute Gasteiger partial charge is 0.284 e. The molecule has 8 heteroatoms. The fourth-order valence-electron chi connectivity index (χ4n) is 1.91. The van der Waals surface area contributed by atoms with E-state index < -0.39 is 0 Å². The summed E-state index contributed by atoms with van der Waals surface area (Å²) in [7, 11) is 3.21. The van der Waals surface area contributed by atoms with E-state index >= 15 is 0 Å². The summed E-state index contributed by atoms with van der Waals surface area (Å²) in [4.78, 5) is 0. The number of furan rings is 1. The van der Waals surface area contributed by atoms with Crippen molar-refractivity contribution in [1.82, 2.24) is 10.2 Å². The summed E-state index contributed by atoms with van der Waals surface area (Å²) in [6, 6.07) is 7.33. The van der Waals surface area contributed by atoms with Gasteiger partial charge >= 0.3 is 0 Å². The first kappa shape index (κ1) is 15.9. The fraction of sp³-hybridized carbons (Fsp3) is 0.200. The summed E-state index contributed by atoms with van der Waals surface area (Å²) in [5, 5.41) is 8.45. The van der Waals surface area contributed by atoms with E-state index in [1.54, 1.807) is 32.6 Å². The summed E-state index contributed by atoms with van der Waals surface area (Å²) < 4.78 is 22.3. The molecule has 23 heavy (non-hydrogen) atoms. The summed E-state index contributed by atoms with van der Waals surface area (Å²) in [5.41, 5.74) is 1.03. The molecule has 0 bridgehead atoms. The van der Waals surface area contributed by atoms with Gasteiger partial charge in [0.2, 0.25) is 0 Å². The molecule has 0 amide bonds. The second kappa shape index (κ2) is 7.10. The molecule has 0 aliphatic carbocycles. The zero-order valence-electron chi connectivity index (χ0n) is 12.4. The molecule has 0 aliphatic heterocycles. The Kier molecular flexibility index (Phi) is 4.92. The van der Waals surface area contributed by atoms with Crippen molar-refractivity contribution in [3.05, 3.63) is 40.6 Å². The number of benzene rings is 1. The Labute approximate surface area is 145 Å². The molecule has 0 unspecified atom stereocenters. The quantitative estimate of drug-likeness (QED) is 0.571. The van der Waals surface area contributed by atoms with Gasteiger partial charge in [0.1, 0.15) is 0 Å². The van der Waals surface area contributed by atoms with E-state index in [2.05, 4.69) is 26.1 Å². The first-order valence-corrected chi connectivity index (χ1v) is 8.39. The number of methoxy groups -OCH3 is 2. The van der Waals surface area contributed by atoms with Crippen LogP contribution in [0, 0.1) is 0 Å². The molecule has 120 valence electrons.